The van der Waals surface area contributed by atoms with Crippen LogP contribution in [0.2, 0.25) is 5.02 Å². The molecule has 0 aliphatic carbocycles. The van der Waals surface area contributed by atoms with E-state index in [1.165, 1.54) is 0 Å². The zero-order chi connectivity index (χ0) is 19.8. The smallest absolute Gasteiger partial charge is 0.275 e. The fourth-order valence-corrected chi connectivity index (χ4v) is 3.00. The molecule has 0 aliphatic heterocycles. The molecular formula is C20H26ClN2O4+. The van der Waals surface area contributed by atoms with Gasteiger partial charge in [0.25, 0.3) is 5.91 Å². The second-order valence-electron chi connectivity index (χ2n) is 6.23. The van der Waals surface area contributed by atoms with Crippen LogP contribution >= 0.6 is 11.6 Å². The van der Waals surface area contributed by atoms with Gasteiger partial charge < -0.3 is 24.4 Å². The maximum atomic E-state index is 12.3. The van der Waals surface area contributed by atoms with Crippen molar-refractivity contribution in [3.05, 3.63) is 52.5 Å². The maximum absolute atomic E-state index is 12.3. The molecule has 0 radical (unpaired) electrons. The van der Waals surface area contributed by atoms with Gasteiger partial charge in [-0.05, 0) is 35.9 Å². The number of likely N-dealkylation sites (N-methyl/N-ethyl adjacent to an activating group) is 1. The van der Waals surface area contributed by atoms with Crippen LogP contribution in [0.5, 0.6) is 17.2 Å². The standard InChI is InChI=1S/C20H25ClN2O4/c1-23(12-15-10-16(21)6-8-17(15)25-2)13-20(24)22-11-14-5-7-18(26-3)19(9-14)27-4/h5-10H,11-13H2,1-4H3,(H,22,24)/p+1. The highest BCUT2D eigenvalue weighted by Gasteiger charge is 2.14. The van der Waals surface area contributed by atoms with Gasteiger partial charge in [-0.1, -0.05) is 17.7 Å². The summed E-state index contributed by atoms with van der Waals surface area (Å²) in [4.78, 5) is 13.3. The van der Waals surface area contributed by atoms with Crippen molar-refractivity contribution >= 4 is 17.5 Å². The number of carbonyl (C=O) groups is 1. The molecule has 0 aliphatic rings. The number of quaternary nitrogens is 1. The molecule has 27 heavy (non-hydrogen) atoms. The first-order valence-corrected chi connectivity index (χ1v) is 8.96. The molecule has 1 unspecified atom stereocenters. The second-order valence-corrected chi connectivity index (χ2v) is 6.67. The van der Waals surface area contributed by atoms with Crippen LogP contribution in [-0.4, -0.2) is 40.8 Å². The highest BCUT2D eigenvalue weighted by atomic mass is 35.5. The van der Waals surface area contributed by atoms with Gasteiger partial charge in [0.05, 0.1) is 28.4 Å². The molecule has 0 saturated heterocycles. The summed E-state index contributed by atoms with van der Waals surface area (Å²) in [5.41, 5.74) is 1.91. The minimum Gasteiger partial charge on any atom is -0.496 e. The molecule has 6 nitrogen and oxygen atoms in total. The molecule has 0 fully saturated rings. The number of amides is 1. The normalized spacial score (nSPS) is 11.6. The van der Waals surface area contributed by atoms with Gasteiger partial charge in [0.1, 0.15) is 12.3 Å². The number of hydrogen-bond donors (Lipinski definition) is 2. The molecule has 2 aromatic rings. The third-order valence-electron chi connectivity index (χ3n) is 4.13. The maximum Gasteiger partial charge on any atom is 0.275 e. The Morgan fingerprint density at radius 2 is 1.67 bits per heavy atom. The average Bonchev–Trinajstić information content (AvgIpc) is 2.66. The molecule has 1 atom stereocenters. The van der Waals surface area contributed by atoms with E-state index >= 15 is 0 Å². The lowest BCUT2D eigenvalue weighted by atomic mass is 10.2. The van der Waals surface area contributed by atoms with Crippen molar-refractivity contribution < 1.29 is 23.9 Å². The lowest BCUT2D eigenvalue weighted by Gasteiger charge is -2.16. The van der Waals surface area contributed by atoms with Crippen molar-refractivity contribution in [3.8, 4) is 17.2 Å². The minimum atomic E-state index is -0.0386. The van der Waals surface area contributed by atoms with Gasteiger partial charge in [0, 0.05) is 17.1 Å². The number of ether oxygens (including phenoxy) is 3. The third-order valence-corrected chi connectivity index (χ3v) is 4.37. The van der Waals surface area contributed by atoms with Gasteiger partial charge in [-0.25, -0.2) is 0 Å². The van der Waals surface area contributed by atoms with Crippen LogP contribution in [0, 0.1) is 0 Å². The summed E-state index contributed by atoms with van der Waals surface area (Å²) in [5, 5.41) is 3.58. The molecule has 0 aromatic heterocycles. The van der Waals surface area contributed by atoms with Crippen LogP contribution in [0.1, 0.15) is 11.1 Å². The predicted octanol–water partition coefficient (Wildman–Crippen LogP) is 1.70. The Balaban J connectivity index is 1.89. The summed E-state index contributed by atoms with van der Waals surface area (Å²) in [7, 11) is 6.75. The van der Waals surface area contributed by atoms with E-state index < -0.39 is 0 Å². The summed E-state index contributed by atoms with van der Waals surface area (Å²) in [5.74, 6) is 2.03. The zero-order valence-corrected chi connectivity index (χ0v) is 16.9. The van der Waals surface area contributed by atoms with E-state index in [2.05, 4.69) is 5.32 Å². The summed E-state index contributed by atoms with van der Waals surface area (Å²) in [6.45, 7) is 1.39. The van der Waals surface area contributed by atoms with Gasteiger partial charge in [-0.2, -0.15) is 0 Å². The van der Waals surface area contributed by atoms with E-state index in [1.807, 2.05) is 37.4 Å². The number of nitrogens with one attached hydrogen (secondary N) is 2. The van der Waals surface area contributed by atoms with Crippen molar-refractivity contribution in [1.29, 1.82) is 0 Å². The van der Waals surface area contributed by atoms with Gasteiger partial charge in [-0.3, -0.25) is 4.79 Å². The Hall–Kier alpha value is -2.44. The highest BCUT2D eigenvalue weighted by molar-refractivity contribution is 6.30. The van der Waals surface area contributed by atoms with E-state index in [0.29, 0.717) is 36.2 Å². The van der Waals surface area contributed by atoms with E-state index in [0.717, 1.165) is 21.8 Å². The molecular weight excluding hydrogens is 368 g/mol. The lowest BCUT2D eigenvalue weighted by molar-refractivity contribution is -0.885. The SMILES string of the molecule is COc1ccc(Cl)cc1C[NH+](C)CC(=O)NCc1ccc(OC)c(OC)c1. The van der Waals surface area contributed by atoms with Crippen molar-refractivity contribution in [2.75, 3.05) is 34.9 Å². The first-order chi connectivity index (χ1) is 13.0. The Morgan fingerprint density at radius 1 is 1.00 bits per heavy atom. The van der Waals surface area contributed by atoms with Crippen molar-refractivity contribution in [1.82, 2.24) is 5.32 Å². The Kier molecular flexibility index (Phi) is 7.76. The van der Waals surface area contributed by atoms with Gasteiger partial charge >= 0.3 is 0 Å². The predicted molar refractivity (Wildman–Crippen MR) is 105 cm³/mol. The molecule has 0 heterocycles. The van der Waals surface area contributed by atoms with Crippen molar-refractivity contribution in [2.24, 2.45) is 0 Å². The van der Waals surface area contributed by atoms with Gasteiger partial charge in [0.15, 0.2) is 18.0 Å². The van der Waals surface area contributed by atoms with Crippen molar-refractivity contribution in [2.45, 2.75) is 13.1 Å². The summed E-state index contributed by atoms with van der Waals surface area (Å²) in [6.07, 6.45) is 0. The topological polar surface area (TPSA) is 61.2 Å². The first kappa shape index (κ1) is 20.9. The zero-order valence-electron chi connectivity index (χ0n) is 16.1. The first-order valence-electron chi connectivity index (χ1n) is 8.58. The third kappa shape index (κ3) is 6.05. The van der Waals surface area contributed by atoms with E-state index in [4.69, 9.17) is 25.8 Å². The van der Waals surface area contributed by atoms with Crippen LogP contribution in [0.3, 0.4) is 0 Å². The van der Waals surface area contributed by atoms with Crippen LogP contribution in [0.4, 0.5) is 0 Å². The number of benzene rings is 2. The van der Waals surface area contributed by atoms with Gasteiger partial charge in [-0.15, -0.1) is 0 Å². The highest BCUT2D eigenvalue weighted by Crippen LogP contribution is 2.27. The quantitative estimate of drug-likeness (QED) is 0.680. The Morgan fingerprint density at radius 3 is 2.33 bits per heavy atom. The van der Waals surface area contributed by atoms with Crippen molar-refractivity contribution in [3.63, 3.8) is 0 Å². The number of hydrogen-bond acceptors (Lipinski definition) is 4. The van der Waals surface area contributed by atoms with Gasteiger partial charge in [0.2, 0.25) is 0 Å². The molecule has 1 amide bonds. The summed E-state index contributed by atoms with van der Waals surface area (Å²) >= 11 is 6.06. The molecule has 7 heteroatoms. The molecule has 0 spiro atoms. The number of methoxy groups -OCH3 is 3. The molecule has 146 valence electrons. The average molecular weight is 394 g/mol. The fraction of sp³-hybridized carbons (Fsp3) is 0.350. The van der Waals surface area contributed by atoms with E-state index in [9.17, 15) is 4.79 Å². The van der Waals surface area contributed by atoms with Crippen LogP contribution < -0.4 is 24.4 Å². The second kappa shape index (κ2) is 10.0. The van der Waals surface area contributed by atoms with E-state index in [-0.39, 0.29) is 5.91 Å². The monoisotopic (exact) mass is 393 g/mol. The Labute approximate surface area is 165 Å². The molecule has 0 bridgehead atoms. The number of halogens is 1. The van der Waals surface area contributed by atoms with E-state index in [1.54, 1.807) is 27.4 Å². The molecule has 2 N–H and O–H groups in total. The Bertz CT molecular complexity index is 783. The fourth-order valence-electron chi connectivity index (χ4n) is 2.80. The number of carbonyl (C=O) groups excluding carboxylic acids is 1. The summed E-state index contributed by atoms with van der Waals surface area (Å²) < 4.78 is 15.9. The largest absolute Gasteiger partial charge is 0.496 e. The minimum absolute atomic E-state index is 0.0386. The van der Waals surface area contributed by atoms with Crippen LogP contribution in [0.15, 0.2) is 36.4 Å². The van der Waals surface area contributed by atoms with Crippen LogP contribution in [0.25, 0.3) is 0 Å². The lowest BCUT2D eigenvalue weighted by Crippen LogP contribution is -3.08. The molecule has 2 aromatic carbocycles. The number of rotatable bonds is 9. The molecule has 2 rings (SSSR count). The molecule has 0 saturated carbocycles. The summed E-state index contributed by atoms with van der Waals surface area (Å²) in [6, 6.07) is 11.1. The van der Waals surface area contributed by atoms with Crippen LogP contribution in [-0.2, 0) is 17.9 Å².